The third-order valence-electron chi connectivity index (χ3n) is 3.42. The molecule has 1 aromatic carbocycles. The molecule has 1 aromatic rings. The van der Waals surface area contributed by atoms with Crippen LogP contribution in [0, 0.1) is 0 Å². The maximum atomic E-state index is 4.95. The van der Waals surface area contributed by atoms with Gasteiger partial charge in [-0.05, 0) is 36.8 Å². The SMILES string of the molecule is CCON=Cc1ccc(C2CCCCC2)cc1. The summed E-state index contributed by atoms with van der Waals surface area (Å²) in [5.41, 5.74) is 2.59. The van der Waals surface area contributed by atoms with Crippen molar-refractivity contribution in [2.75, 3.05) is 6.61 Å². The minimum Gasteiger partial charge on any atom is -0.396 e. The van der Waals surface area contributed by atoms with Gasteiger partial charge >= 0.3 is 0 Å². The molecule has 17 heavy (non-hydrogen) atoms. The lowest BCUT2D eigenvalue weighted by Gasteiger charge is -2.21. The van der Waals surface area contributed by atoms with E-state index in [-0.39, 0.29) is 0 Å². The monoisotopic (exact) mass is 231 g/mol. The Kier molecular flexibility index (Phi) is 4.60. The molecule has 0 aromatic heterocycles. The summed E-state index contributed by atoms with van der Waals surface area (Å²) in [6.07, 6.45) is 8.67. The van der Waals surface area contributed by atoms with Crippen LogP contribution in [-0.2, 0) is 4.84 Å². The van der Waals surface area contributed by atoms with Gasteiger partial charge in [0.05, 0.1) is 6.21 Å². The van der Waals surface area contributed by atoms with E-state index in [4.69, 9.17) is 4.84 Å². The fourth-order valence-electron chi connectivity index (χ4n) is 2.46. The third kappa shape index (κ3) is 3.58. The number of rotatable bonds is 4. The molecule has 0 saturated heterocycles. The predicted molar refractivity (Wildman–Crippen MR) is 71.5 cm³/mol. The number of nitrogens with zero attached hydrogens (tertiary/aromatic N) is 1. The highest BCUT2D eigenvalue weighted by molar-refractivity contribution is 5.79. The van der Waals surface area contributed by atoms with Gasteiger partial charge in [0.2, 0.25) is 0 Å². The Labute approximate surface area is 104 Å². The summed E-state index contributed by atoms with van der Waals surface area (Å²) in [6, 6.07) is 8.74. The zero-order chi connectivity index (χ0) is 11.9. The van der Waals surface area contributed by atoms with E-state index in [0.717, 1.165) is 11.5 Å². The maximum Gasteiger partial charge on any atom is 0.114 e. The molecule has 0 bridgehead atoms. The van der Waals surface area contributed by atoms with Gasteiger partial charge in [0.1, 0.15) is 6.61 Å². The molecule has 0 radical (unpaired) electrons. The van der Waals surface area contributed by atoms with Gasteiger partial charge in [-0.1, -0.05) is 48.7 Å². The second-order valence-electron chi connectivity index (χ2n) is 4.65. The van der Waals surface area contributed by atoms with Gasteiger partial charge in [0, 0.05) is 0 Å². The molecule has 0 spiro atoms. The first-order chi connectivity index (χ1) is 8.40. The van der Waals surface area contributed by atoms with Crippen molar-refractivity contribution in [1.29, 1.82) is 0 Å². The van der Waals surface area contributed by atoms with Crippen LogP contribution >= 0.6 is 0 Å². The van der Waals surface area contributed by atoms with E-state index in [0.29, 0.717) is 6.61 Å². The highest BCUT2D eigenvalue weighted by Crippen LogP contribution is 2.32. The summed E-state index contributed by atoms with van der Waals surface area (Å²) < 4.78 is 0. The Bertz CT molecular complexity index is 350. The van der Waals surface area contributed by atoms with E-state index >= 15 is 0 Å². The molecule has 1 aliphatic rings. The molecule has 2 nitrogen and oxygen atoms in total. The zero-order valence-corrected chi connectivity index (χ0v) is 10.6. The van der Waals surface area contributed by atoms with Crippen LogP contribution in [0.1, 0.15) is 56.1 Å². The highest BCUT2D eigenvalue weighted by Gasteiger charge is 2.14. The van der Waals surface area contributed by atoms with Gasteiger partial charge in [-0.25, -0.2) is 0 Å². The summed E-state index contributed by atoms with van der Waals surface area (Å²) >= 11 is 0. The first-order valence-corrected chi connectivity index (χ1v) is 6.65. The van der Waals surface area contributed by atoms with Crippen molar-refractivity contribution in [2.24, 2.45) is 5.16 Å². The van der Waals surface area contributed by atoms with Crippen molar-refractivity contribution in [3.05, 3.63) is 35.4 Å². The van der Waals surface area contributed by atoms with E-state index in [1.807, 2.05) is 6.92 Å². The lowest BCUT2D eigenvalue weighted by Crippen LogP contribution is -2.04. The van der Waals surface area contributed by atoms with Crippen LogP contribution in [0.15, 0.2) is 29.4 Å². The van der Waals surface area contributed by atoms with Gasteiger partial charge in [0.15, 0.2) is 0 Å². The Hall–Kier alpha value is -1.31. The van der Waals surface area contributed by atoms with E-state index in [2.05, 4.69) is 29.4 Å². The summed E-state index contributed by atoms with van der Waals surface area (Å²) in [5.74, 6) is 0.779. The molecule has 0 N–H and O–H groups in total. The number of hydrogen-bond acceptors (Lipinski definition) is 2. The Morgan fingerprint density at radius 3 is 2.53 bits per heavy atom. The van der Waals surface area contributed by atoms with Crippen molar-refractivity contribution >= 4 is 6.21 Å². The molecular weight excluding hydrogens is 210 g/mol. The average Bonchev–Trinajstić information content (AvgIpc) is 2.41. The lowest BCUT2D eigenvalue weighted by atomic mass is 9.84. The molecule has 1 aliphatic carbocycles. The van der Waals surface area contributed by atoms with Gasteiger partial charge in [-0.2, -0.15) is 0 Å². The maximum absolute atomic E-state index is 4.95. The van der Waals surface area contributed by atoms with Crippen molar-refractivity contribution in [3.8, 4) is 0 Å². The molecule has 92 valence electrons. The summed E-state index contributed by atoms with van der Waals surface area (Å²) in [4.78, 5) is 4.95. The van der Waals surface area contributed by atoms with Crippen molar-refractivity contribution in [3.63, 3.8) is 0 Å². The second-order valence-corrected chi connectivity index (χ2v) is 4.65. The zero-order valence-electron chi connectivity index (χ0n) is 10.6. The van der Waals surface area contributed by atoms with Crippen LogP contribution in [0.4, 0.5) is 0 Å². The molecule has 2 heteroatoms. The third-order valence-corrected chi connectivity index (χ3v) is 3.42. The quantitative estimate of drug-likeness (QED) is 0.564. The number of oxime groups is 1. The van der Waals surface area contributed by atoms with E-state index in [1.165, 1.54) is 37.7 Å². The molecule has 0 atom stereocenters. The molecule has 0 aliphatic heterocycles. The smallest absolute Gasteiger partial charge is 0.114 e. The van der Waals surface area contributed by atoms with E-state index in [9.17, 15) is 0 Å². The molecule has 0 amide bonds. The first kappa shape index (κ1) is 12.2. The minimum atomic E-state index is 0.622. The van der Waals surface area contributed by atoms with Gasteiger partial charge in [-0.15, -0.1) is 0 Å². The van der Waals surface area contributed by atoms with Gasteiger partial charge < -0.3 is 4.84 Å². The Morgan fingerprint density at radius 2 is 1.88 bits per heavy atom. The van der Waals surface area contributed by atoms with E-state index < -0.39 is 0 Å². The normalized spacial score (nSPS) is 17.5. The van der Waals surface area contributed by atoms with Crippen LogP contribution < -0.4 is 0 Å². The second kappa shape index (κ2) is 6.43. The van der Waals surface area contributed by atoms with Crippen molar-refractivity contribution in [2.45, 2.75) is 44.9 Å². The standard InChI is InChI=1S/C15H21NO/c1-2-17-16-12-13-8-10-15(11-9-13)14-6-4-3-5-7-14/h8-12,14H,2-7H2,1H3. The van der Waals surface area contributed by atoms with Crippen LogP contribution in [0.2, 0.25) is 0 Å². The topological polar surface area (TPSA) is 21.6 Å². The molecule has 2 rings (SSSR count). The minimum absolute atomic E-state index is 0.622. The van der Waals surface area contributed by atoms with Gasteiger partial charge in [-0.3, -0.25) is 0 Å². The number of hydrogen-bond donors (Lipinski definition) is 0. The molecule has 1 fully saturated rings. The number of benzene rings is 1. The molecule has 0 unspecified atom stereocenters. The molecule has 1 saturated carbocycles. The van der Waals surface area contributed by atoms with E-state index in [1.54, 1.807) is 6.21 Å². The lowest BCUT2D eigenvalue weighted by molar-refractivity contribution is 0.160. The van der Waals surface area contributed by atoms with Crippen LogP contribution in [0.3, 0.4) is 0 Å². The fourth-order valence-corrected chi connectivity index (χ4v) is 2.46. The van der Waals surface area contributed by atoms with Crippen LogP contribution in [0.5, 0.6) is 0 Å². The summed E-state index contributed by atoms with van der Waals surface area (Å²) in [5, 5.41) is 3.88. The average molecular weight is 231 g/mol. The Morgan fingerprint density at radius 1 is 1.18 bits per heavy atom. The molecule has 0 heterocycles. The molecular formula is C15H21NO. The van der Waals surface area contributed by atoms with Gasteiger partial charge in [0.25, 0.3) is 0 Å². The summed E-state index contributed by atoms with van der Waals surface area (Å²) in [7, 11) is 0. The Balaban J connectivity index is 1.97. The largest absolute Gasteiger partial charge is 0.396 e. The predicted octanol–water partition coefficient (Wildman–Crippen LogP) is 4.10. The first-order valence-electron chi connectivity index (χ1n) is 6.65. The van der Waals surface area contributed by atoms with Crippen LogP contribution in [0.25, 0.3) is 0 Å². The summed E-state index contributed by atoms with van der Waals surface area (Å²) in [6.45, 7) is 2.56. The van der Waals surface area contributed by atoms with Crippen molar-refractivity contribution < 1.29 is 4.84 Å². The van der Waals surface area contributed by atoms with Crippen LogP contribution in [-0.4, -0.2) is 12.8 Å². The van der Waals surface area contributed by atoms with Crippen molar-refractivity contribution in [1.82, 2.24) is 0 Å². The highest BCUT2D eigenvalue weighted by atomic mass is 16.6. The fraction of sp³-hybridized carbons (Fsp3) is 0.533.